The molecule has 0 aliphatic heterocycles. The Morgan fingerprint density at radius 1 is 0.574 bits per heavy atom. The monoisotopic (exact) mass is 757 g/mol. The Bertz CT molecular complexity index is 989. The summed E-state index contributed by atoms with van der Waals surface area (Å²) in [5.74, 6) is -1.40. The molecule has 0 spiro atoms. The lowest BCUT2D eigenvalue weighted by molar-refractivity contribution is -0.145. The smallest absolute Gasteiger partial charge is 0.326 e. The van der Waals surface area contributed by atoms with Crippen molar-refractivity contribution in [2.24, 2.45) is 5.73 Å². The molecule has 0 rings (SSSR count). The van der Waals surface area contributed by atoms with Crippen molar-refractivity contribution in [3.05, 3.63) is 48.6 Å². The molecule has 2 unspecified atom stereocenters. The molecule has 1 amide bonds. The van der Waals surface area contributed by atoms with Crippen molar-refractivity contribution >= 4 is 17.8 Å². The third-order valence-corrected chi connectivity index (χ3v) is 9.84. The highest BCUT2D eigenvalue weighted by atomic mass is 16.5. The third kappa shape index (κ3) is 37.6. The lowest BCUT2D eigenvalue weighted by Gasteiger charge is -2.13. The first-order valence-electron chi connectivity index (χ1n) is 22.5. The Kier molecular flexibility index (Phi) is 39.4. The summed E-state index contributed by atoms with van der Waals surface area (Å²) in [5.41, 5.74) is 5.46. The molecule has 0 aromatic rings. The van der Waals surface area contributed by atoms with Gasteiger partial charge >= 0.3 is 11.9 Å². The molecule has 7 heteroatoms. The number of carbonyl (C=O) groups is 3. The van der Waals surface area contributed by atoms with Crippen LogP contribution in [-0.2, 0) is 19.1 Å². The summed E-state index contributed by atoms with van der Waals surface area (Å²) in [6.45, 7) is 4.79. The molecule has 4 N–H and O–H groups in total. The van der Waals surface area contributed by atoms with Crippen LogP contribution in [0.5, 0.6) is 0 Å². The van der Waals surface area contributed by atoms with E-state index in [1.54, 1.807) is 0 Å². The van der Waals surface area contributed by atoms with Gasteiger partial charge in [-0.1, -0.05) is 159 Å². The van der Waals surface area contributed by atoms with Crippen LogP contribution in [0.15, 0.2) is 48.6 Å². The fraction of sp³-hybridized carbons (Fsp3) is 0.766. The van der Waals surface area contributed by atoms with Crippen molar-refractivity contribution in [3.8, 4) is 0 Å². The van der Waals surface area contributed by atoms with Gasteiger partial charge in [-0.25, -0.2) is 4.79 Å². The Balaban J connectivity index is 4.00. The van der Waals surface area contributed by atoms with E-state index in [0.717, 1.165) is 44.9 Å². The first-order chi connectivity index (χ1) is 26.4. The van der Waals surface area contributed by atoms with Crippen LogP contribution < -0.4 is 11.1 Å². The maximum absolute atomic E-state index is 12.6. The predicted octanol–water partition coefficient (Wildman–Crippen LogP) is 12.8. The van der Waals surface area contributed by atoms with E-state index in [2.05, 4.69) is 49.5 Å². The zero-order valence-electron chi connectivity index (χ0n) is 35.1. The van der Waals surface area contributed by atoms with Gasteiger partial charge in [0.2, 0.25) is 5.91 Å². The van der Waals surface area contributed by atoms with Crippen molar-refractivity contribution in [1.82, 2.24) is 5.32 Å². The maximum atomic E-state index is 12.6. The van der Waals surface area contributed by atoms with Gasteiger partial charge in [-0.05, 0) is 95.7 Å². The molecule has 0 aliphatic rings. The van der Waals surface area contributed by atoms with E-state index in [0.29, 0.717) is 38.6 Å². The van der Waals surface area contributed by atoms with Gasteiger partial charge in [0.15, 0.2) is 0 Å². The number of hydrogen-bond acceptors (Lipinski definition) is 5. The highest BCUT2D eigenvalue weighted by Crippen LogP contribution is 2.15. The molecule has 0 saturated carbocycles. The predicted molar refractivity (Wildman–Crippen MR) is 230 cm³/mol. The lowest BCUT2D eigenvalue weighted by Crippen LogP contribution is -2.40. The first-order valence-corrected chi connectivity index (χ1v) is 22.5. The van der Waals surface area contributed by atoms with Crippen LogP contribution in [0, 0.1) is 0 Å². The third-order valence-electron chi connectivity index (χ3n) is 9.84. The molecule has 2 atom stereocenters. The Hall–Kier alpha value is -2.67. The summed E-state index contributed by atoms with van der Waals surface area (Å²) in [4.78, 5) is 36.1. The van der Waals surface area contributed by atoms with Gasteiger partial charge in [0, 0.05) is 12.8 Å². The summed E-state index contributed by atoms with van der Waals surface area (Å²) in [6, 6.07) is -0.874. The van der Waals surface area contributed by atoms with Gasteiger partial charge in [-0.2, -0.15) is 0 Å². The number of ether oxygens (including phenoxy) is 1. The second kappa shape index (κ2) is 41.5. The van der Waals surface area contributed by atoms with Crippen molar-refractivity contribution in [1.29, 1.82) is 0 Å². The topological polar surface area (TPSA) is 119 Å². The summed E-state index contributed by atoms with van der Waals surface area (Å²) >= 11 is 0. The number of carboxylic acid groups (broad SMARTS) is 1. The highest BCUT2D eigenvalue weighted by molar-refractivity contribution is 5.83. The van der Waals surface area contributed by atoms with Crippen LogP contribution in [0.1, 0.15) is 213 Å². The zero-order chi connectivity index (χ0) is 39.6. The van der Waals surface area contributed by atoms with Gasteiger partial charge in [-0.3, -0.25) is 9.59 Å². The molecule has 312 valence electrons. The molecular weight excluding hydrogens is 673 g/mol. The number of carboxylic acids is 1. The quantitative estimate of drug-likeness (QED) is 0.0325. The van der Waals surface area contributed by atoms with E-state index in [-0.39, 0.29) is 18.0 Å². The molecule has 0 aromatic heterocycles. The van der Waals surface area contributed by atoms with Gasteiger partial charge < -0.3 is 20.9 Å². The number of allylic oxidation sites excluding steroid dienone is 6. The van der Waals surface area contributed by atoms with Crippen LogP contribution in [-0.4, -0.2) is 41.6 Å². The van der Waals surface area contributed by atoms with E-state index in [9.17, 15) is 19.5 Å². The molecule has 7 nitrogen and oxygen atoms in total. The van der Waals surface area contributed by atoms with Crippen molar-refractivity contribution in [3.63, 3.8) is 0 Å². The van der Waals surface area contributed by atoms with Crippen molar-refractivity contribution in [2.75, 3.05) is 6.54 Å². The number of aliphatic carboxylic acids is 1. The van der Waals surface area contributed by atoms with Gasteiger partial charge in [-0.15, -0.1) is 0 Å². The number of esters is 1. The average molecular weight is 757 g/mol. The number of hydrogen-bond donors (Lipinski definition) is 3. The Morgan fingerprint density at radius 3 is 1.59 bits per heavy atom. The van der Waals surface area contributed by atoms with Crippen molar-refractivity contribution < 1.29 is 24.2 Å². The SMILES string of the molecule is CC/C=C\C/C=C\C(/C=C\CCCCCC(=O)NC(CCCN)C(=O)O)OC(=O)CCCCCCCCCCCCC/C=C\CCCCCCCCCC. The average Bonchev–Trinajstić information content (AvgIpc) is 3.16. The molecule has 0 bridgehead atoms. The highest BCUT2D eigenvalue weighted by Gasteiger charge is 2.18. The minimum Gasteiger partial charge on any atom is -0.480 e. The van der Waals surface area contributed by atoms with Crippen LogP contribution in [0.3, 0.4) is 0 Å². The minimum absolute atomic E-state index is 0.144. The second-order valence-electron chi connectivity index (χ2n) is 15.1. The molecule has 0 saturated heterocycles. The van der Waals surface area contributed by atoms with E-state index < -0.39 is 12.0 Å². The second-order valence-corrected chi connectivity index (χ2v) is 15.1. The summed E-state index contributed by atoms with van der Waals surface area (Å²) < 4.78 is 5.80. The molecule has 0 fully saturated rings. The maximum Gasteiger partial charge on any atom is 0.326 e. The standard InChI is InChI=1S/C47H84N2O5/c1-3-5-7-9-10-11-12-13-14-15-16-17-18-19-20-21-22-23-24-25-26-31-35-41-46(51)54-43(37-32-28-8-6-4-2)38-33-29-27-30-34-40-45(50)49-44(47(52)53)39-36-42-48/h6,8,15-16,32-33,37-38,43-44H,3-5,7,9-14,17-31,34-36,39-42,48H2,1-2H3,(H,49,50)(H,52,53)/b8-6-,16-15-,37-32-,38-33-. The van der Waals surface area contributed by atoms with E-state index in [1.807, 2.05) is 18.2 Å². The van der Waals surface area contributed by atoms with Crippen LogP contribution >= 0.6 is 0 Å². The van der Waals surface area contributed by atoms with Gasteiger partial charge in [0.25, 0.3) is 0 Å². The molecule has 54 heavy (non-hydrogen) atoms. The fourth-order valence-electron chi connectivity index (χ4n) is 6.46. The summed E-state index contributed by atoms with van der Waals surface area (Å²) in [6.07, 6.45) is 50.9. The van der Waals surface area contributed by atoms with E-state index >= 15 is 0 Å². The summed E-state index contributed by atoms with van der Waals surface area (Å²) in [5, 5.41) is 11.9. The largest absolute Gasteiger partial charge is 0.480 e. The number of rotatable bonds is 40. The Morgan fingerprint density at radius 2 is 1.06 bits per heavy atom. The summed E-state index contributed by atoms with van der Waals surface area (Å²) in [7, 11) is 0. The van der Waals surface area contributed by atoms with Crippen LogP contribution in [0.2, 0.25) is 0 Å². The number of unbranched alkanes of at least 4 members (excludes halogenated alkanes) is 22. The van der Waals surface area contributed by atoms with Crippen LogP contribution in [0.4, 0.5) is 0 Å². The molecular formula is C47H84N2O5. The molecule has 0 radical (unpaired) electrons. The molecule has 0 aromatic carbocycles. The van der Waals surface area contributed by atoms with E-state index in [1.165, 1.54) is 122 Å². The minimum atomic E-state index is -1.02. The number of nitrogens with one attached hydrogen (secondary N) is 1. The number of nitrogens with two attached hydrogens (primary N) is 1. The zero-order valence-corrected chi connectivity index (χ0v) is 35.1. The lowest BCUT2D eigenvalue weighted by atomic mass is 10.0. The molecule has 0 aliphatic carbocycles. The van der Waals surface area contributed by atoms with Crippen molar-refractivity contribution in [2.45, 2.75) is 225 Å². The van der Waals surface area contributed by atoms with E-state index in [4.69, 9.17) is 10.5 Å². The van der Waals surface area contributed by atoms with Crippen LogP contribution in [0.25, 0.3) is 0 Å². The fourth-order valence-corrected chi connectivity index (χ4v) is 6.46. The first kappa shape index (κ1) is 51.3. The normalized spacial score (nSPS) is 13.1. The number of carbonyl (C=O) groups excluding carboxylic acids is 2. The van der Waals surface area contributed by atoms with Gasteiger partial charge in [0.1, 0.15) is 12.1 Å². The van der Waals surface area contributed by atoms with Gasteiger partial charge in [0.05, 0.1) is 0 Å². The Labute approximate surface area is 332 Å². The molecule has 0 heterocycles. The number of amides is 1.